The standard InChI is InChI=1S/C27H32N2O2.ClH/c28-18-12-6-4-2-1-3-5-7-13-19-29-25-21-15-9-10-16-22(21)26(30)24(25)20-14-8-11-17-23(20)27(29)31;/h8-11,14-17H,1-7,12-13,18-19,28H2;1H. The highest BCUT2D eigenvalue weighted by Gasteiger charge is 2.31. The molecule has 0 atom stereocenters. The van der Waals surface area contributed by atoms with Crippen molar-refractivity contribution in [3.05, 3.63) is 70.0 Å². The van der Waals surface area contributed by atoms with Gasteiger partial charge < -0.3 is 22.7 Å². The Bertz CT molecular complexity index is 1140. The number of carbonyl (C=O) groups is 1. The molecule has 32 heavy (non-hydrogen) atoms. The Balaban J connectivity index is 0.00000289. The number of pyridine rings is 1. The SMILES string of the molecule is [Cl-].[NH3+]CCCCCCCCCCCn1c2c(c3ccccc3c1=O)C(=O)c1ccccc1-2. The summed E-state index contributed by atoms with van der Waals surface area (Å²) in [5.41, 5.74) is 7.03. The van der Waals surface area contributed by atoms with Gasteiger partial charge >= 0.3 is 0 Å². The van der Waals surface area contributed by atoms with E-state index in [1.54, 1.807) is 0 Å². The second kappa shape index (κ2) is 11.4. The van der Waals surface area contributed by atoms with Gasteiger partial charge in [-0.25, -0.2) is 0 Å². The third-order valence-electron chi connectivity index (χ3n) is 6.46. The first-order valence-electron chi connectivity index (χ1n) is 11.8. The number of nitrogens with zero attached hydrogens (tertiary/aromatic N) is 1. The van der Waals surface area contributed by atoms with Gasteiger partial charge in [0.05, 0.1) is 17.8 Å². The molecule has 170 valence electrons. The van der Waals surface area contributed by atoms with Crippen molar-refractivity contribution in [1.82, 2.24) is 4.57 Å². The largest absolute Gasteiger partial charge is 1.00 e. The summed E-state index contributed by atoms with van der Waals surface area (Å²) < 4.78 is 1.86. The minimum absolute atomic E-state index is 0. The van der Waals surface area contributed by atoms with Crippen LogP contribution >= 0.6 is 0 Å². The maximum atomic E-state index is 13.3. The molecule has 0 fully saturated rings. The molecule has 3 N–H and O–H groups in total. The summed E-state index contributed by atoms with van der Waals surface area (Å²) in [4.78, 5) is 26.5. The van der Waals surface area contributed by atoms with Crippen LogP contribution in [0.25, 0.3) is 22.0 Å². The van der Waals surface area contributed by atoms with Gasteiger partial charge in [-0.15, -0.1) is 0 Å². The van der Waals surface area contributed by atoms with Crippen LogP contribution in [0.2, 0.25) is 0 Å². The fourth-order valence-corrected chi connectivity index (χ4v) is 4.83. The Morgan fingerprint density at radius 1 is 0.656 bits per heavy atom. The average molecular weight is 453 g/mol. The lowest BCUT2D eigenvalue weighted by atomic mass is 10.0. The number of hydrogen-bond acceptors (Lipinski definition) is 2. The second-order valence-electron chi connectivity index (χ2n) is 8.64. The number of carbonyl (C=O) groups excluding carboxylic acids is 1. The van der Waals surface area contributed by atoms with Crippen molar-refractivity contribution >= 4 is 16.6 Å². The molecule has 0 radical (unpaired) electrons. The molecule has 1 aromatic heterocycles. The quantitative estimate of drug-likeness (QED) is 0.353. The van der Waals surface area contributed by atoms with E-state index in [2.05, 4.69) is 5.73 Å². The summed E-state index contributed by atoms with van der Waals surface area (Å²) in [5, 5.41) is 1.42. The minimum atomic E-state index is 0. The van der Waals surface area contributed by atoms with Crippen molar-refractivity contribution in [2.45, 2.75) is 64.3 Å². The zero-order chi connectivity index (χ0) is 21.6. The summed E-state index contributed by atoms with van der Waals surface area (Å²) in [6.07, 6.45) is 11.0. The van der Waals surface area contributed by atoms with Gasteiger partial charge in [0.15, 0.2) is 5.78 Å². The first-order chi connectivity index (χ1) is 15.2. The summed E-state index contributed by atoms with van der Waals surface area (Å²) in [6, 6.07) is 15.2. The van der Waals surface area contributed by atoms with E-state index >= 15 is 0 Å². The highest BCUT2D eigenvalue weighted by Crippen LogP contribution is 2.39. The molecule has 0 amide bonds. The zero-order valence-electron chi connectivity index (χ0n) is 18.7. The molecule has 4 nitrogen and oxygen atoms in total. The lowest BCUT2D eigenvalue weighted by molar-refractivity contribution is -0.368. The molecule has 1 aliphatic carbocycles. The summed E-state index contributed by atoms with van der Waals surface area (Å²) in [7, 11) is 0. The van der Waals surface area contributed by atoms with E-state index in [9.17, 15) is 9.59 Å². The number of aromatic nitrogens is 1. The van der Waals surface area contributed by atoms with Crippen LogP contribution in [0.3, 0.4) is 0 Å². The number of rotatable bonds is 11. The van der Waals surface area contributed by atoms with Gasteiger partial charge in [-0.2, -0.15) is 0 Å². The van der Waals surface area contributed by atoms with Gasteiger partial charge in [0.1, 0.15) is 0 Å². The van der Waals surface area contributed by atoms with E-state index < -0.39 is 0 Å². The molecule has 0 spiro atoms. The molecular weight excluding hydrogens is 420 g/mol. The van der Waals surface area contributed by atoms with Crippen LogP contribution in [0.4, 0.5) is 0 Å². The van der Waals surface area contributed by atoms with Crippen molar-refractivity contribution in [3.63, 3.8) is 0 Å². The van der Waals surface area contributed by atoms with Gasteiger partial charge in [0.25, 0.3) is 5.56 Å². The highest BCUT2D eigenvalue weighted by atomic mass is 35.5. The minimum Gasteiger partial charge on any atom is -1.00 e. The molecule has 2 aromatic carbocycles. The fraction of sp³-hybridized carbons (Fsp3) is 0.407. The normalized spacial score (nSPS) is 12.0. The summed E-state index contributed by atoms with van der Waals surface area (Å²) in [6.45, 7) is 1.71. The van der Waals surface area contributed by atoms with Crippen molar-refractivity contribution in [2.75, 3.05) is 6.54 Å². The topological polar surface area (TPSA) is 66.7 Å². The number of unbranched alkanes of at least 4 members (excludes halogenated alkanes) is 8. The number of quaternary nitrogens is 1. The molecule has 0 saturated carbocycles. The van der Waals surface area contributed by atoms with Gasteiger partial charge in [-0.3, -0.25) is 9.59 Å². The van der Waals surface area contributed by atoms with Crippen LogP contribution in [0.5, 0.6) is 0 Å². The zero-order valence-corrected chi connectivity index (χ0v) is 19.5. The first kappa shape index (κ1) is 24.2. The van der Waals surface area contributed by atoms with Gasteiger partial charge in [-0.1, -0.05) is 81.0 Å². The maximum absolute atomic E-state index is 13.3. The van der Waals surface area contributed by atoms with Gasteiger partial charge in [-0.05, 0) is 25.3 Å². The van der Waals surface area contributed by atoms with Crippen LogP contribution in [0.1, 0.15) is 73.7 Å². The average Bonchev–Trinajstić information content (AvgIpc) is 3.10. The van der Waals surface area contributed by atoms with E-state index in [4.69, 9.17) is 0 Å². The van der Waals surface area contributed by atoms with E-state index in [1.807, 2.05) is 53.1 Å². The van der Waals surface area contributed by atoms with E-state index in [0.29, 0.717) is 23.1 Å². The lowest BCUT2D eigenvalue weighted by Gasteiger charge is -2.15. The Morgan fingerprint density at radius 2 is 1.19 bits per heavy atom. The van der Waals surface area contributed by atoms with E-state index in [1.165, 1.54) is 44.9 Å². The number of halogens is 1. The van der Waals surface area contributed by atoms with Gasteiger partial charge in [0.2, 0.25) is 0 Å². The molecule has 5 heteroatoms. The molecule has 4 rings (SSSR count). The maximum Gasteiger partial charge on any atom is 0.258 e. The molecule has 0 bridgehead atoms. The predicted octanol–water partition coefficient (Wildman–Crippen LogP) is 1.97. The Hall–Kier alpha value is -2.43. The smallest absolute Gasteiger partial charge is 0.258 e. The Morgan fingerprint density at radius 3 is 1.84 bits per heavy atom. The first-order valence-corrected chi connectivity index (χ1v) is 11.8. The van der Waals surface area contributed by atoms with E-state index in [0.717, 1.165) is 36.0 Å². The number of benzene rings is 2. The fourth-order valence-electron chi connectivity index (χ4n) is 4.83. The molecule has 1 aliphatic rings. The highest BCUT2D eigenvalue weighted by molar-refractivity contribution is 6.26. The number of ketones is 1. The molecule has 3 aromatic rings. The monoisotopic (exact) mass is 452 g/mol. The summed E-state index contributed by atoms with van der Waals surface area (Å²) in [5.74, 6) is 0.0365. The van der Waals surface area contributed by atoms with Crippen LogP contribution in [0.15, 0.2) is 53.3 Å². The number of fused-ring (bicyclic) bond motifs is 5. The third-order valence-corrected chi connectivity index (χ3v) is 6.46. The molecule has 0 unspecified atom stereocenters. The molecule has 0 aliphatic heterocycles. The predicted molar refractivity (Wildman–Crippen MR) is 126 cm³/mol. The second-order valence-corrected chi connectivity index (χ2v) is 8.64. The van der Waals surface area contributed by atoms with Crippen molar-refractivity contribution in [2.24, 2.45) is 0 Å². The van der Waals surface area contributed by atoms with Crippen LogP contribution in [0, 0.1) is 0 Å². The molecular formula is C27H33ClN2O2. The Kier molecular flexibility index (Phi) is 8.66. The molecule has 0 saturated heterocycles. The third kappa shape index (κ3) is 4.82. The molecule has 1 heterocycles. The van der Waals surface area contributed by atoms with E-state index in [-0.39, 0.29) is 23.7 Å². The van der Waals surface area contributed by atoms with Crippen LogP contribution in [-0.2, 0) is 6.54 Å². The number of hydrogen-bond donors (Lipinski definition) is 1. The lowest BCUT2D eigenvalue weighted by Crippen LogP contribution is -3.00. The van der Waals surface area contributed by atoms with Crippen LogP contribution in [-0.4, -0.2) is 16.9 Å². The summed E-state index contributed by atoms with van der Waals surface area (Å²) >= 11 is 0. The van der Waals surface area contributed by atoms with Crippen molar-refractivity contribution in [3.8, 4) is 11.3 Å². The van der Waals surface area contributed by atoms with Crippen LogP contribution < -0.4 is 23.7 Å². The van der Waals surface area contributed by atoms with Crippen molar-refractivity contribution in [1.29, 1.82) is 0 Å². The Labute approximate surface area is 196 Å². The van der Waals surface area contributed by atoms with Crippen molar-refractivity contribution < 1.29 is 22.9 Å². The van der Waals surface area contributed by atoms with Gasteiger partial charge in [0, 0.05) is 28.4 Å².